The first-order valence-corrected chi connectivity index (χ1v) is 14.6. The zero-order chi connectivity index (χ0) is 30.2. The summed E-state index contributed by atoms with van der Waals surface area (Å²) in [7, 11) is 0. The number of rotatable bonds is 12. The topological polar surface area (TPSA) is 99.6 Å². The van der Waals surface area contributed by atoms with Crippen molar-refractivity contribution < 1.29 is 29.0 Å². The lowest BCUT2D eigenvalue weighted by Gasteiger charge is -2.42. The number of likely N-dealkylation sites (tertiary alicyclic amines) is 1. The first kappa shape index (κ1) is 30.8. The number of hydrogen-bond donors (Lipinski definition) is 1. The molecule has 3 aliphatic heterocycles. The molecule has 3 saturated heterocycles. The van der Waals surface area contributed by atoms with Gasteiger partial charge in [0.05, 0.1) is 30.7 Å². The van der Waals surface area contributed by atoms with Gasteiger partial charge in [-0.25, -0.2) is 0 Å². The zero-order valence-corrected chi connectivity index (χ0v) is 25.1. The third-order valence-corrected chi connectivity index (χ3v) is 8.95. The monoisotopic (exact) mass is 567 g/mol. The smallest absolute Gasteiger partial charge is 0.249 e. The van der Waals surface area contributed by atoms with E-state index in [2.05, 4.69) is 13.2 Å². The van der Waals surface area contributed by atoms with Crippen molar-refractivity contribution >= 4 is 23.4 Å². The second-order valence-corrected chi connectivity index (χ2v) is 12.2. The Bertz CT molecular complexity index is 1180. The van der Waals surface area contributed by atoms with E-state index in [0.29, 0.717) is 43.9 Å². The molecule has 9 nitrogen and oxygen atoms in total. The Balaban J connectivity index is 1.80. The van der Waals surface area contributed by atoms with Crippen molar-refractivity contribution in [2.24, 2.45) is 11.8 Å². The van der Waals surface area contributed by atoms with E-state index in [4.69, 9.17) is 9.47 Å². The highest BCUT2D eigenvalue weighted by molar-refractivity contribution is 6.03. The van der Waals surface area contributed by atoms with Crippen molar-refractivity contribution in [1.82, 2.24) is 9.80 Å². The molecule has 3 heterocycles. The Morgan fingerprint density at radius 1 is 1.12 bits per heavy atom. The molecule has 3 amide bonds. The molecule has 0 aromatic heterocycles. The summed E-state index contributed by atoms with van der Waals surface area (Å²) >= 11 is 0. The minimum atomic E-state index is -1.16. The molecule has 4 rings (SSSR count). The fourth-order valence-electron chi connectivity index (χ4n) is 7.20. The van der Waals surface area contributed by atoms with Crippen molar-refractivity contribution in [3.05, 3.63) is 49.6 Å². The number of amides is 3. The number of β-amino-alcohol motifs (C(OH)–C–C–N with tert-alkyl or cyclic N) is 1. The van der Waals surface area contributed by atoms with Crippen LogP contribution in [0.2, 0.25) is 0 Å². The standard InChI is InChI=1S/C32H45N3O6/c1-8-18-33(22-12-14-23(15-13-22)40-11-4)27(37)24-25-28(38)34(20-21-36)26(29(39)35(19-9-2)30(5,6)7)32(25)17-16-31(24,10-3)41-32/h8-9,12-15,24-26,36H,1-2,10-11,16-21H2,3-7H3/t24-,25-,26?,31+,32?/m0/s1. The molecule has 224 valence electrons. The van der Waals surface area contributed by atoms with E-state index in [-0.39, 0.29) is 37.4 Å². The summed E-state index contributed by atoms with van der Waals surface area (Å²) in [4.78, 5) is 48.0. The van der Waals surface area contributed by atoms with Gasteiger partial charge in [0.15, 0.2) is 0 Å². The number of fused-ring (bicyclic) bond motifs is 1. The fourth-order valence-corrected chi connectivity index (χ4v) is 7.20. The molecule has 1 aromatic rings. The molecule has 1 N–H and O–H groups in total. The van der Waals surface area contributed by atoms with E-state index in [9.17, 15) is 19.5 Å². The first-order chi connectivity index (χ1) is 19.5. The predicted octanol–water partition coefficient (Wildman–Crippen LogP) is 3.56. The van der Waals surface area contributed by atoms with Gasteiger partial charge in [-0.1, -0.05) is 19.1 Å². The average Bonchev–Trinajstić information content (AvgIpc) is 3.54. The Hall–Kier alpha value is -3.17. The molecule has 1 spiro atoms. The maximum atomic E-state index is 14.6. The van der Waals surface area contributed by atoms with Crippen LogP contribution in [0, 0.1) is 11.8 Å². The van der Waals surface area contributed by atoms with E-state index in [1.54, 1.807) is 22.0 Å². The van der Waals surface area contributed by atoms with Gasteiger partial charge >= 0.3 is 0 Å². The van der Waals surface area contributed by atoms with E-state index >= 15 is 0 Å². The molecule has 0 saturated carbocycles. The normalized spacial score (nSPS) is 28.4. The lowest BCUT2D eigenvalue weighted by atomic mass is 9.64. The Kier molecular flexibility index (Phi) is 8.71. The van der Waals surface area contributed by atoms with E-state index in [1.807, 2.05) is 58.9 Å². The molecule has 3 fully saturated rings. The van der Waals surface area contributed by atoms with Crippen LogP contribution >= 0.6 is 0 Å². The van der Waals surface area contributed by atoms with Crippen molar-refractivity contribution in [3.8, 4) is 5.75 Å². The Morgan fingerprint density at radius 2 is 1.78 bits per heavy atom. The number of carbonyl (C=O) groups is 3. The van der Waals surface area contributed by atoms with Crippen LogP contribution in [0.25, 0.3) is 0 Å². The average molecular weight is 568 g/mol. The van der Waals surface area contributed by atoms with Crippen molar-refractivity contribution in [3.63, 3.8) is 0 Å². The van der Waals surface area contributed by atoms with Crippen LogP contribution in [0.1, 0.15) is 53.9 Å². The molecular weight excluding hydrogens is 522 g/mol. The number of aliphatic hydroxyl groups excluding tert-OH is 1. The molecular formula is C32H45N3O6. The van der Waals surface area contributed by atoms with Gasteiger partial charge in [-0.2, -0.15) is 0 Å². The molecule has 2 unspecified atom stereocenters. The number of anilines is 1. The van der Waals surface area contributed by atoms with Crippen molar-refractivity contribution in [1.29, 1.82) is 0 Å². The lowest BCUT2D eigenvalue weighted by Crippen LogP contribution is -2.60. The summed E-state index contributed by atoms with van der Waals surface area (Å²) in [6.45, 7) is 18.2. The Morgan fingerprint density at radius 3 is 2.32 bits per heavy atom. The highest BCUT2D eigenvalue weighted by atomic mass is 16.5. The van der Waals surface area contributed by atoms with Gasteiger partial charge in [-0.3, -0.25) is 14.4 Å². The number of carbonyl (C=O) groups excluding carboxylic acids is 3. The SMILES string of the molecule is C=CCN(C(=O)[C@@H]1[C@H]2C(=O)N(CCO)C(C(=O)N(CC=C)C(C)(C)C)C23CC[C@@]1(CC)O3)c1ccc(OCC)cc1. The fraction of sp³-hybridized carbons (Fsp3) is 0.594. The Labute approximate surface area is 243 Å². The minimum absolute atomic E-state index is 0.0157. The van der Waals surface area contributed by atoms with E-state index in [0.717, 1.165) is 0 Å². The predicted molar refractivity (Wildman–Crippen MR) is 157 cm³/mol. The summed E-state index contributed by atoms with van der Waals surface area (Å²) in [5.74, 6) is -1.73. The van der Waals surface area contributed by atoms with Gasteiger partial charge in [0.1, 0.15) is 17.4 Å². The highest BCUT2D eigenvalue weighted by Crippen LogP contribution is 2.64. The summed E-state index contributed by atoms with van der Waals surface area (Å²) in [5.41, 5.74) is -1.92. The largest absolute Gasteiger partial charge is 0.494 e. The van der Waals surface area contributed by atoms with Gasteiger partial charge in [-0.15, -0.1) is 13.2 Å². The van der Waals surface area contributed by atoms with Crippen molar-refractivity contribution in [2.75, 3.05) is 37.7 Å². The quantitative estimate of drug-likeness (QED) is 0.388. The van der Waals surface area contributed by atoms with Crippen LogP contribution in [0.3, 0.4) is 0 Å². The molecule has 0 aliphatic carbocycles. The number of ether oxygens (including phenoxy) is 2. The second-order valence-electron chi connectivity index (χ2n) is 12.2. The number of hydrogen-bond acceptors (Lipinski definition) is 6. The molecule has 0 radical (unpaired) electrons. The number of nitrogens with zero attached hydrogens (tertiary/aromatic N) is 3. The van der Waals surface area contributed by atoms with Crippen LogP contribution < -0.4 is 9.64 Å². The molecule has 1 aromatic carbocycles. The summed E-state index contributed by atoms with van der Waals surface area (Å²) < 4.78 is 12.5. The third-order valence-electron chi connectivity index (χ3n) is 8.95. The molecule has 41 heavy (non-hydrogen) atoms. The first-order valence-electron chi connectivity index (χ1n) is 14.6. The lowest BCUT2D eigenvalue weighted by molar-refractivity contribution is -0.156. The van der Waals surface area contributed by atoms with Crippen LogP contribution in [0.15, 0.2) is 49.6 Å². The van der Waals surface area contributed by atoms with Gasteiger partial charge in [-0.05, 0) is 71.2 Å². The van der Waals surface area contributed by atoms with Gasteiger partial charge < -0.3 is 29.3 Å². The molecule has 2 bridgehead atoms. The summed E-state index contributed by atoms with van der Waals surface area (Å²) in [6, 6.07) is 6.33. The van der Waals surface area contributed by atoms with Crippen LogP contribution in [0.4, 0.5) is 5.69 Å². The van der Waals surface area contributed by atoms with Crippen LogP contribution in [-0.4, -0.2) is 88.3 Å². The number of aliphatic hydroxyl groups is 1. The second kappa shape index (κ2) is 11.6. The summed E-state index contributed by atoms with van der Waals surface area (Å²) in [6.07, 6.45) is 4.89. The van der Waals surface area contributed by atoms with Crippen molar-refractivity contribution in [2.45, 2.75) is 76.7 Å². The van der Waals surface area contributed by atoms with Crippen LogP contribution in [0.5, 0.6) is 5.75 Å². The minimum Gasteiger partial charge on any atom is -0.494 e. The maximum Gasteiger partial charge on any atom is 0.249 e. The highest BCUT2D eigenvalue weighted by Gasteiger charge is 2.79. The molecule has 5 atom stereocenters. The molecule has 3 aliphatic rings. The van der Waals surface area contributed by atoms with Crippen LogP contribution in [-0.2, 0) is 19.1 Å². The molecule has 9 heteroatoms. The summed E-state index contributed by atoms with van der Waals surface area (Å²) in [5, 5.41) is 9.94. The maximum absolute atomic E-state index is 14.6. The number of benzene rings is 1. The van der Waals surface area contributed by atoms with Gasteiger partial charge in [0, 0.05) is 30.9 Å². The van der Waals surface area contributed by atoms with Gasteiger partial charge in [0.2, 0.25) is 17.7 Å². The van der Waals surface area contributed by atoms with Gasteiger partial charge in [0.25, 0.3) is 0 Å². The van der Waals surface area contributed by atoms with E-state index < -0.39 is 34.6 Å². The third kappa shape index (κ3) is 4.97. The van der Waals surface area contributed by atoms with E-state index in [1.165, 1.54) is 4.90 Å². The zero-order valence-electron chi connectivity index (χ0n) is 25.1.